The van der Waals surface area contributed by atoms with Crippen LogP contribution in [0.15, 0.2) is 30.5 Å². The summed E-state index contributed by atoms with van der Waals surface area (Å²) < 4.78 is 7.98. The first kappa shape index (κ1) is 21.7. The van der Waals surface area contributed by atoms with Gasteiger partial charge in [-0.05, 0) is 62.4 Å². The molecule has 0 spiro atoms. The minimum absolute atomic E-state index is 0.123. The maximum absolute atomic E-state index is 7.68. The highest BCUT2D eigenvalue weighted by Gasteiger charge is 2.27. The molecular formula is C23H30N8O. The molecule has 2 aromatic heterocycles. The van der Waals surface area contributed by atoms with Crippen molar-refractivity contribution in [2.24, 2.45) is 5.73 Å². The summed E-state index contributed by atoms with van der Waals surface area (Å²) in [5.74, 6) is 0.842. The zero-order valence-electron chi connectivity index (χ0n) is 18.9. The number of likely N-dealkylation sites (tertiary alicyclic amines) is 1. The van der Waals surface area contributed by atoms with Crippen LogP contribution in [-0.2, 0) is 6.42 Å². The van der Waals surface area contributed by atoms with Crippen molar-refractivity contribution in [1.82, 2.24) is 29.9 Å². The molecule has 1 aromatic carbocycles. The molecular weight excluding hydrogens is 404 g/mol. The Morgan fingerprint density at radius 1 is 1.19 bits per heavy atom. The normalized spacial score (nSPS) is 14.5. The van der Waals surface area contributed by atoms with E-state index in [2.05, 4.69) is 28.3 Å². The first-order valence-electron chi connectivity index (χ1n) is 11.1. The fourth-order valence-electron chi connectivity index (χ4n) is 4.22. The minimum atomic E-state index is 0.123. The summed E-state index contributed by atoms with van der Waals surface area (Å²) in [6.45, 7) is 7.66. The quantitative estimate of drug-likeness (QED) is 0.449. The lowest BCUT2D eigenvalue weighted by atomic mass is 10.0. The second-order valence-electron chi connectivity index (χ2n) is 8.33. The molecule has 3 heterocycles. The molecule has 0 aliphatic carbocycles. The maximum Gasteiger partial charge on any atom is 0.322 e. The highest BCUT2D eigenvalue weighted by Crippen LogP contribution is 2.31. The number of guanidine groups is 1. The number of aromatic nitrogens is 5. The fraction of sp³-hybridized carbons (Fsp3) is 0.435. The van der Waals surface area contributed by atoms with E-state index >= 15 is 0 Å². The third-order valence-corrected chi connectivity index (χ3v) is 5.68. The fourth-order valence-corrected chi connectivity index (χ4v) is 4.22. The number of benzene rings is 1. The summed E-state index contributed by atoms with van der Waals surface area (Å²) in [7, 11) is 0. The van der Waals surface area contributed by atoms with E-state index in [1.54, 1.807) is 6.20 Å². The Balaban J connectivity index is 1.64. The van der Waals surface area contributed by atoms with Gasteiger partial charge in [0.05, 0.1) is 17.4 Å². The van der Waals surface area contributed by atoms with Gasteiger partial charge in [-0.15, -0.1) is 5.10 Å². The minimum Gasteiger partial charge on any atom is -0.424 e. The zero-order chi connectivity index (χ0) is 22.7. The summed E-state index contributed by atoms with van der Waals surface area (Å²) in [4.78, 5) is 10.9. The molecule has 0 unspecified atom stereocenters. The molecule has 1 aliphatic rings. The van der Waals surface area contributed by atoms with E-state index in [4.69, 9.17) is 20.9 Å². The lowest BCUT2D eigenvalue weighted by molar-refractivity contribution is 0.250. The number of rotatable bonds is 6. The first-order chi connectivity index (χ1) is 15.4. The van der Waals surface area contributed by atoms with Crippen LogP contribution in [0.5, 0.6) is 11.8 Å². The molecule has 168 valence electrons. The van der Waals surface area contributed by atoms with Gasteiger partial charge in [-0.1, -0.05) is 24.6 Å². The number of nitrogens with zero attached hydrogens (tertiary/aromatic N) is 6. The predicted octanol–water partition coefficient (Wildman–Crippen LogP) is 3.63. The van der Waals surface area contributed by atoms with Gasteiger partial charge in [-0.25, -0.2) is 9.67 Å². The van der Waals surface area contributed by atoms with E-state index in [0.717, 1.165) is 72.7 Å². The standard InChI is InChI=1S/C23H30N8O/c1-4-5-20-21(31(29-28-20)17-7-10-30(11-8-17)22(24)25)19-6-9-26-23(27-19)32-18-13-15(2)12-16(3)14-18/h6,9,12-14,17H,4-5,7-8,10-11H2,1-3H3,(H3,24,25). The van der Waals surface area contributed by atoms with Gasteiger partial charge >= 0.3 is 6.01 Å². The Labute approximate surface area is 188 Å². The van der Waals surface area contributed by atoms with Crippen molar-refractivity contribution in [3.63, 3.8) is 0 Å². The Bertz CT molecular complexity index is 1080. The second-order valence-corrected chi connectivity index (χ2v) is 8.33. The first-order valence-corrected chi connectivity index (χ1v) is 11.1. The van der Waals surface area contributed by atoms with Crippen LogP contribution in [0.4, 0.5) is 0 Å². The van der Waals surface area contributed by atoms with Gasteiger partial charge in [0.2, 0.25) is 0 Å². The number of piperidine rings is 1. The number of hydrogen-bond acceptors (Lipinski definition) is 6. The van der Waals surface area contributed by atoms with Crippen LogP contribution >= 0.6 is 0 Å². The van der Waals surface area contributed by atoms with E-state index < -0.39 is 0 Å². The van der Waals surface area contributed by atoms with Crippen LogP contribution in [0.3, 0.4) is 0 Å². The Morgan fingerprint density at radius 2 is 1.91 bits per heavy atom. The molecule has 32 heavy (non-hydrogen) atoms. The summed E-state index contributed by atoms with van der Waals surface area (Å²) in [6, 6.07) is 8.41. The lowest BCUT2D eigenvalue weighted by Gasteiger charge is -2.32. The topological polar surface area (TPSA) is 119 Å². The Hall–Kier alpha value is -3.49. The third-order valence-electron chi connectivity index (χ3n) is 5.68. The van der Waals surface area contributed by atoms with Gasteiger partial charge < -0.3 is 15.4 Å². The Kier molecular flexibility index (Phi) is 6.34. The smallest absolute Gasteiger partial charge is 0.322 e. The molecule has 1 aliphatic heterocycles. The van der Waals surface area contributed by atoms with Gasteiger partial charge in [0.1, 0.15) is 11.4 Å². The van der Waals surface area contributed by atoms with Crippen LogP contribution in [0.2, 0.25) is 0 Å². The highest BCUT2D eigenvalue weighted by atomic mass is 16.5. The molecule has 4 rings (SSSR count). The van der Waals surface area contributed by atoms with Gasteiger partial charge in [0.15, 0.2) is 5.96 Å². The molecule has 9 nitrogen and oxygen atoms in total. The molecule has 0 radical (unpaired) electrons. The average molecular weight is 435 g/mol. The van der Waals surface area contributed by atoms with Crippen molar-refractivity contribution < 1.29 is 4.74 Å². The lowest BCUT2D eigenvalue weighted by Crippen LogP contribution is -2.42. The molecule has 1 fully saturated rings. The molecule has 0 atom stereocenters. The van der Waals surface area contributed by atoms with Gasteiger partial charge in [0.25, 0.3) is 0 Å². The number of hydrogen-bond donors (Lipinski definition) is 2. The number of ether oxygens (including phenoxy) is 1. The second kappa shape index (κ2) is 9.33. The van der Waals surface area contributed by atoms with Crippen LogP contribution < -0.4 is 10.5 Å². The van der Waals surface area contributed by atoms with E-state index in [1.807, 2.05) is 41.6 Å². The number of nitrogens with one attached hydrogen (secondary N) is 1. The van der Waals surface area contributed by atoms with Crippen LogP contribution in [0.25, 0.3) is 11.4 Å². The predicted molar refractivity (Wildman–Crippen MR) is 123 cm³/mol. The molecule has 9 heteroatoms. The maximum atomic E-state index is 7.68. The number of aryl methyl sites for hydroxylation is 3. The Morgan fingerprint density at radius 3 is 2.56 bits per heavy atom. The van der Waals surface area contributed by atoms with Crippen LogP contribution in [-0.4, -0.2) is 48.9 Å². The summed E-state index contributed by atoms with van der Waals surface area (Å²) in [5.41, 5.74) is 10.5. The van der Waals surface area contributed by atoms with Crippen LogP contribution in [0.1, 0.15) is 49.0 Å². The van der Waals surface area contributed by atoms with E-state index in [1.165, 1.54) is 0 Å². The molecule has 0 saturated carbocycles. The molecule has 3 aromatic rings. The van der Waals surface area contributed by atoms with Crippen molar-refractivity contribution in [2.45, 2.75) is 52.5 Å². The van der Waals surface area contributed by atoms with Gasteiger partial charge in [-0.3, -0.25) is 5.41 Å². The van der Waals surface area contributed by atoms with Crippen LogP contribution in [0, 0.1) is 19.3 Å². The summed E-state index contributed by atoms with van der Waals surface area (Å²) in [5, 5.41) is 16.7. The van der Waals surface area contributed by atoms with Crippen molar-refractivity contribution in [2.75, 3.05) is 13.1 Å². The van der Waals surface area contributed by atoms with Crippen molar-refractivity contribution in [3.05, 3.63) is 47.3 Å². The van der Waals surface area contributed by atoms with Crippen molar-refractivity contribution in [3.8, 4) is 23.1 Å². The van der Waals surface area contributed by atoms with E-state index in [0.29, 0.717) is 6.01 Å². The van der Waals surface area contributed by atoms with Crippen molar-refractivity contribution >= 4 is 5.96 Å². The summed E-state index contributed by atoms with van der Waals surface area (Å²) >= 11 is 0. The molecule has 0 bridgehead atoms. The molecule has 0 amide bonds. The summed E-state index contributed by atoms with van der Waals surface area (Å²) in [6.07, 6.45) is 5.19. The van der Waals surface area contributed by atoms with Gasteiger partial charge in [-0.2, -0.15) is 4.98 Å². The van der Waals surface area contributed by atoms with E-state index in [-0.39, 0.29) is 12.0 Å². The average Bonchev–Trinajstić information content (AvgIpc) is 3.17. The van der Waals surface area contributed by atoms with E-state index in [9.17, 15) is 0 Å². The largest absolute Gasteiger partial charge is 0.424 e. The van der Waals surface area contributed by atoms with Gasteiger partial charge in [0, 0.05) is 19.3 Å². The molecule has 3 N–H and O–H groups in total. The van der Waals surface area contributed by atoms with Crippen molar-refractivity contribution in [1.29, 1.82) is 5.41 Å². The zero-order valence-corrected chi connectivity index (χ0v) is 18.9. The highest BCUT2D eigenvalue weighted by molar-refractivity contribution is 5.74. The SMILES string of the molecule is CCCc1nnn(C2CCN(C(=N)N)CC2)c1-c1ccnc(Oc2cc(C)cc(C)c2)n1. The monoisotopic (exact) mass is 434 g/mol. The molecule has 1 saturated heterocycles. The third kappa shape index (κ3) is 4.71. The number of nitrogens with two attached hydrogens (primary N) is 1.